The van der Waals surface area contributed by atoms with E-state index in [-0.39, 0.29) is 0 Å². The molecule has 0 amide bonds. The van der Waals surface area contributed by atoms with Crippen molar-refractivity contribution in [3.63, 3.8) is 0 Å². The van der Waals surface area contributed by atoms with Crippen LogP contribution in [-0.4, -0.2) is 6.54 Å². The Morgan fingerprint density at radius 3 is 2.32 bits per heavy atom. The molecule has 2 aromatic rings. The molecule has 2 rings (SSSR count). The molecule has 0 saturated carbocycles. The molecule has 2 nitrogen and oxygen atoms in total. The highest BCUT2D eigenvalue weighted by atomic mass is 35.5. The van der Waals surface area contributed by atoms with Crippen LogP contribution in [0.1, 0.15) is 12.5 Å². The predicted molar refractivity (Wildman–Crippen MR) is 84.0 cm³/mol. The lowest BCUT2D eigenvalue weighted by molar-refractivity contribution is 0.832. The summed E-state index contributed by atoms with van der Waals surface area (Å²) in [6.45, 7) is 3.75. The summed E-state index contributed by atoms with van der Waals surface area (Å²) in [4.78, 5) is 2.23. The van der Waals surface area contributed by atoms with Crippen LogP contribution in [0.4, 0.5) is 11.4 Å². The molecule has 0 aliphatic rings. The first kappa shape index (κ1) is 14.0. The van der Waals surface area contributed by atoms with Crippen molar-refractivity contribution in [1.29, 1.82) is 0 Å². The molecule has 0 bridgehead atoms. The van der Waals surface area contributed by atoms with E-state index >= 15 is 0 Å². The van der Waals surface area contributed by atoms with Crippen LogP contribution in [-0.2, 0) is 6.54 Å². The number of benzene rings is 2. The first-order valence-electron chi connectivity index (χ1n) is 6.14. The van der Waals surface area contributed by atoms with Crippen molar-refractivity contribution in [3.05, 3.63) is 58.1 Å². The minimum atomic E-state index is 0.657. The number of nitrogens with zero attached hydrogens (tertiary/aromatic N) is 1. The number of hydrogen-bond donors (Lipinski definition) is 1. The lowest BCUT2D eigenvalue weighted by Gasteiger charge is -2.24. The van der Waals surface area contributed by atoms with Gasteiger partial charge in [-0.2, -0.15) is 0 Å². The number of hydrogen-bond acceptors (Lipinski definition) is 2. The standard InChI is InChI=1S/C15H16Cl2N2/c1-2-19(14-7-5-13(18)6-8-14)10-11-3-4-12(16)9-15(11)17/h3-9H,2,10,18H2,1H3. The molecule has 0 fully saturated rings. The molecular formula is C15H16Cl2N2. The van der Waals surface area contributed by atoms with E-state index in [9.17, 15) is 0 Å². The fraction of sp³-hybridized carbons (Fsp3) is 0.200. The first-order chi connectivity index (χ1) is 9.10. The molecule has 0 unspecified atom stereocenters. The Labute approximate surface area is 123 Å². The average molecular weight is 295 g/mol. The van der Waals surface area contributed by atoms with Gasteiger partial charge in [0.25, 0.3) is 0 Å². The highest BCUT2D eigenvalue weighted by Gasteiger charge is 2.08. The fourth-order valence-electron chi connectivity index (χ4n) is 1.93. The van der Waals surface area contributed by atoms with E-state index in [0.29, 0.717) is 10.0 Å². The molecule has 0 aromatic heterocycles. The normalized spacial score (nSPS) is 10.5. The van der Waals surface area contributed by atoms with Crippen LogP contribution in [0, 0.1) is 0 Å². The van der Waals surface area contributed by atoms with Gasteiger partial charge in [0, 0.05) is 34.5 Å². The van der Waals surface area contributed by atoms with Gasteiger partial charge in [0.2, 0.25) is 0 Å². The van der Waals surface area contributed by atoms with Gasteiger partial charge in [-0.25, -0.2) is 0 Å². The smallest absolute Gasteiger partial charge is 0.0470 e. The summed E-state index contributed by atoms with van der Waals surface area (Å²) in [5.74, 6) is 0. The maximum Gasteiger partial charge on any atom is 0.0470 e. The van der Waals surface area contributed by atoms with Gasteiger partial charge in [-0.3, -0.25) is 0 Å². The summed E-state index contributed by atoms with van der Waals surface area (Å²) in [5, 5.41) is 1.35. The second-order valence-corrected chi connectivity index (χ2v) is 5.19. The van der Waals surface area contributed by atoms with Crippen LogP contribution in [0.2, 0.25) is 10.0 Å². The molecule has 0 heterocycles. The van der Waals surface area contributed by atoms with E-state index in [1.54, 1.807) is 6.07 Å². The molecule has 100 valence electrons. The van der Waals surface area contributed by atoms with E-state index in [0.717, 1.165) is 30.0 Å². The quantitative estimate of drug-likeness (QED) is 0.835. The first-order valence-corrected chi connectivity index (χ1v) is 6.90. The maximum atomic E-state index is 6.21. The van der Waals surface area contributed by atoms with Gasteiger partial charge in [-0.1, -0.05) is 29.3 Å². The van der Waals surface area contributed by atoms with Crippen LogP contribution in [0.25, 0.3) is 0 Å². The van der Waals surface area contributed by atoms with Gasteiger partial charge in [-0.15, -0.1) is 0 Å². The average Bonchev–Trinajstić information content (AvgIpc) is 2.39. The monoisotopic (exact) mass is 294 g/mol. The summed E-state index contributed by atoms with van der Waals surface area (Å²) < 4.78 is 0. The summed E-state index contributed by atoms with van der Waals surface area (Å²) in [5.41, 5.74) is 8.66. The van der Waals surface area contributed by atoms with Gasteiger partial charge in [-0.05, 0) is 48.9 Å². The Kier molecular flexibility index (Phi) is 4.56. The van der Waals surface area contributed by atoms with Gasteiger partial charge in [0.05, 0.1) is 0 Å². The Balaban J connectivity index is 2.21. The third kappa shape index (κ3) is 3.55. The van der Waals surface area contributed by atoms with Crippen LogP contribution in [0.3, 0.4) is 0 Å². The lowest BCUT2D eigenvalue weighted by Crippen LogP contribution is -2.22. The summed E-state index contributed by atoms with van der Waals surface area (Å²) in [6, 6.07) is 13.4. The summed E-state index contributed by atoms with van der Waals surface area (Å²) in [6.07, 6.45) is 0. The highest BCUT2D eigenvalue weighted by molar-refractivity contribution is 6.35. The van der Waals surface area contributed by atoms with Crippen molar-refractivity contribution in [2.75, 3.05) is 17.2 Å². The van der Waals surface area contributed by atoms with E-state index in [1.807, 2.05) is 36.4 Å². The Morgan fingerprint density at radius 2 is 1.74 bits per heavy atom. The third-order valence-electron chi connectivity index (χ3n) is 3.02. The molecule has 2 aromatic carbocycles. The van der Waals surface area contributed by atoms with Crippen LogP contribution >= 0.6 is 23.2 Å². The molecule has 2 N–H and O–H groups in total. The number of halogens is 2. The van der Waals surface area contributed by atoms with Gasteiger partial charge < -0.3 is 10.6 Å². The van der Waals surface area contributed by atoms with E-state index in [4.69, 9.17) is 28.9 Å². The molecule has 0 saturated heterocycles. The Morgan fingerprint density at radius 1 is 1.05 bits per heavy atom. The van der Waals surface area contributed by atoms with E-state index in [1.165, 1.54) is 0 Å². The summed E-state index contributed by atoms with van der Waals surface area (Å²) in [7, 11) is 0. The third-order valence-corrected chi connectivity index (χ3v) is 3.60. The highest BCUT2D eigenvalue weighted by Crippen LogP contribution is 2.25. The number of anilines is 2. The minimum absolute atomic E-state index is 0.657. The number of nitrogens with two attached hydrogens (primary N) is 1. The zero-order valence-corrected chi connectivity index (χ0v) is 12.2. The molecule has 19 heavy (non-hydrogen) atoms. The second-order valence-electron chi connectivity index (χ2n) is 4.34. The van der Waals surface area contributed by atoms with E-state index < -0.39 is 0 Å². The molecule has 0 aliphatic carbocycles. The molecule has 4 heteroatoms. The van der Waals surface area contributed by atoms with Crippen molar-refractivity contribution in [1.82, 2.24) is 0 Å². The number of rotatable bonds is 4. The SMILES string of the molecule is CCN(Cc1ccc(Cl)cc1Cl)c1ccc(N)cc1. The minimum Gasteiger partial charge on any atom is -0.399 e. The molecule has 0 aliphatic heterocycles. The van der Waals surface area contributed by atoms with Crippen molar-refractivity contribution >= 4 is 34.6 Å². The molecule has 0 atom stereocenters. The van der Waals surface area contributed by atoms with Gasteiger partial charge in [0.15, 0.2) is 0 Å². The zero-order chi connectivity index (χ0) is 13.8. The lowest BCUT2D eigenvalue weighted by atomic mass is 10.2. The zero-order valence-electron chi connectivity index (χ0n) is 10.7. The Hall–Kier alpha value is -1.38. The predicted octanol–water partition coefficient (Wildman–Crippen LogP) is 4.60. The Bertz CT molecular complexity index is 553. The fourth-order valence-corrected chi connectivity index (χ4v) is 2.39. The van der Waals surface area contributed by atoms with Crippen LogP contribution in [0.15, 0.2) is 42.5 Å². The second kappa shape index (κ2) is 6.18. The topological polar surface area (TPSA) is 29.3 Å². The molecule has 0 radical (unpaired) electrons. The van der Waals surface area contributed by atoms with Crippen LogP contribution < -0.4 is 10.6 Å². The molecular weight excluding hydrogens is 279 g/mol. The van der Waals surface area contributed by atoms with Crippen molar-refractivity contribution < 1.29 is 0 Å². The van der Waals surface area contributed by atoms with E-state index in [2.05, 4.69) is 11.8 Å². The van der Waals surface area contributed by atoms with Gasteiger partial charge >= 0.3 is 0 Å². The van der Waals surface area contributed by atoms with Crippen LogP contribution in [0.5, 0.6) is 0 Å². The summed E-state index contributed by atoms with van der Waals surface area (Å²) >= 11 is 12.1. The van der Waals surface area contributed by atoms with Crippen molar-refractivity contribution in [3.8, 4) is 0 Å². The number of nitrogen functional groups attached to an aromatic ring is 1. The maximum absolute atomic E-state index is 6.21. The van der Waals surface area contributed by atoms with Crippen molar-refractivity contribution in [2.45, 2.75) is 13.5 Å². The molecule has 0 spiro atoms. The van der Waals surface area contributed by atoms with Gasteiger partial charge in [0.1, 0.15) is 0 Å². The van der Waals surface area contributed by atoms with Crippen molar-refractivity contribution in [2.24, 2.45) is 0 Å². The largest absolute Gasteiger partial charge is 0.399 e.